The number of benzene rings is 4. The number of nitrogens with zero attached hydrogens (tertiary/aromatic N) is 19. The summed E-state index contributed by atoms with van der Waals surface area (Å²) >= 11 is 18.9. The van der Waals surface area contributed by atoms with Crippen LogP contribution in [0.3, 0.4) is 0 Å². The SMILES string of the molecule is CC1(C)COC(=O)C1Oc1ncc(Cl)c(-n2cnc3ccccc32)n1.CC1=C(Oc2ncc(Cl)c(-n3cnc4ccccc43)n2)C(=O)C(C)O1.Cc1nc2ccccc2n1-c1nc(OC2CC(N(C)C)C2)ncc1Cl.N#Cc1cnc(OCCc2cccnc2)nc1-n1cnc2ccccc21. The van der Waals surface area contributed by atoms with E-state index < -0.39 is 23.6 Å². The number of nitriles is 1. The van der Waals surface area contributed by atoms with Gasteiger partial charge in [-0.2, -0.15) is 25.2 Å². The lowest BCUT2D eigenvalue weighted by Crippen LogP contribution is -2.46. The van der Waals surface area contributed by atoms with Crippen LogP contribution in [0.1, 0.15) is 57.5 Å². The molecule has 101 heavy (non-hydrogen) atoms. The minimum Gasteiger partial charge on any atom is -0.483 e. The van der Waals surface area contributed by atoms with E-state index in [2.05, 4.69) is 89.9 Å². The first kappa shape index (κ1) is 68.0. The monoisotopic (exact) mass is 1410 g/mol. The third-order valence-corrected chi connectivity index (χ3v) is 17.4. The Morgan fingerprint density at radius 2 is 1.12 bits per heavy atom. The smallest absolute Gasteiger partial charge is 0.348 e. The highest BCUT2D eigenvalue weighted by atomic mass is 35.5. The molecule has 30 heteroatoms. The Kier molecular flexibility index (Phi) is 19.8. The van der Waals surface area contributed by atoms with Crippen LogP contribution in [0.15, 0.2) is 177 Å². The van der Waals surface area contributed by atoms with Crippen LogP contribution < -0.4 is 18.9 Å². The third kappa shape index (κ3) is 14.8. The molecular weight excluding hydrogens is 1350 g/mol. The van der Waals surface area contributed by atoms with E-state index in [9.17, 15) is 14.9 Å². The zero-order valence-electron chi connectivity index (χ0n) is 55.3. The Balaban J connectivity index is 0.000000120. The van der Waals surface area contributed by atoms with Gasteiger partial charge in [0, 0.05) is 43.1 Å². The number of esters is 1. The maximum Gasteiger partial charge on any atom is 0.348 e. The second-order valence-electron chi connectivity index (χ2n) is 24.3. The van der Waals surface area contributed by atoms with Crippen molar-refractivity contribution in [2.75, 3.05) is 27.3 Å². The fraction of sp³-hybridized carbons (Fsp3) is 0.239. The van der Waals surface area contributed by atoms with E-state index in [0.717, 1.165) is 68.4 Å². The Morgan fingerprint density at radius 1 is 0.604 bits per heavy atom. The molecule has 0 N–H and O–H groups in total. The zero-order chi connectivity index (χ0) is 70.5. The average Bonchev–Trinajstić information content (AvgIpc) is 1.68. The Hall–Kier alpha value is -11.6. The normalized spacial score (nSPS) is 16.7. The fourth-order valence-corrected chi connectivity index (χ4v) is 11.7. The molecule has 9 aromatic heterocycles. The largest absolute Gasteiger partial charge is 0.483 e. The minimum absolute atomic E-state index is 0.0116. The summed E-state index contributed by atoms with van der Waals surface area (Å²) in [5.74, 6) is 2.58. The van der Waals surface area contributed by atoms with Gasteiger partial charge >= 0.3 is 30.0 Å². The van der Waals surface area contributed by atoms with E-state index in [4.69, 9.17) is 63.2 Å². The van der Waals surface area contributed by atoms with Crippen molar-refractivity contribution < 1.29 is 38.0 Å². The van der Waals surface area contributed by atoms with Gasteiger partial charge in [-0.1, -0.05) is 103 Å². The number of ether oxygens (including phenoxy) is 6. The number of halogens is 3. The molecule has 1 aliphatic carbocycles. The van der Waals surface area contributed by atoms with Gasteiger partial charge in [0.15, 0.2) is 29.4 Å². The zero-order valence-corrected chi connectivity index (χ0v) is 57.6. The molecule has 0 radical (unpaired) electrons. The van der Waals surface area contributed by atoms with Gasteiger partial charge in [0.1, 0.15) is 70.0 Å². The van der Waals surface area contributed by atoms with Crippen molar-refractivity contribution in [3.63, 3.8) is 0 Å². The number of fused-ring (bicyclic) bond motifs is 4. The van der Waals surface area contributed by atoms with E-state index in [1.165, 1.54) is 18.6 Å². The van der Waals surface area contributed by atoms with Gasteiger partial charge < -0.3 is 33.3 Å². The number of aryl methyl sites for hydroxylation is 1. The number of ketones is 1. The highest BCUT2D eigenvalue weighted by Gasteiger charge is 2.46. The van der Waals surface area contributed by atoms with Crippen LogP contribution in [0.25, 0.3) is 67.4 Å². The fourth-order valence-electron chi connectivity index (χ4n) is 11.2. The number of carbonyl (C=O) groups excluding carboxylic acids is 2. The molecule has 1 saturated carbocycles. The number of allylic oxidation sites excluding steroid dienone is 1. The Labute approximate surface area is 592 Å². The first-order valence-electron chi connectivity index (χ1n) is 31.7. The van der Waals surface area contributed by atoms with Gasteiger partial charge in [-0.25, -0.2) is 44.7 Å². The van der Waals surface area contributed by atoms with Crippen LogP contribution in [0.5, 0.6) is 24.0 Å². The summed E-state index contributed by atoms with van der Waals surface area (Å²) in [6, 6.07) is 38.0. The molecule has 2 fully saturated rings. The van der Waals surface area contributed by atoms with Gasteiger partial charge in [-0.05, 0) is 95.0 Å². The Morgan fingerprint density at radius 3 is 1.66 bits per heavy atom. The number of pyridine rings is 1. The van der Waals surface area contributed by atoms with E-state index in [0.29, 0.717) is 81.3 Å². The molecule has 510 valence electrons. The van der Waals surface area contributed by atoms with Crippen LogP contribution in [0, 0.1) is 23.7 Å². The van der Waals surface area contributed by atoms with Gasteiger partial charge in [0.2, 0.25) is 17.6 Å². The van der Waals surface area contributed by atoms with Crippen molar-refractivity contribution in [1.29, 1.82) is 5.26 Å². The number of hydrogen-bond donors (Lipinski definition) is 0. The van der Waals surface area contributed by atoms with Crippen LogP contribution in [0.2, 0.25) is 15.1 Å². The molecule has 3 aliphatic rings. The number of para-hydroxylation sites is 8. The van der Waals surface area contributed by atoms with Gasteiger partial charge in [-0.15, -0.1) is 0 Å². The molecular formula is C71H62Cl3N19O8. The standard InChI is InChI=1S/C19H14N6O.C18H20ClN5O.C17H15ClN4O3.C17H13ClN4O3/c20-10-15-12-22-19(26-9-7-14-4-3-8-21-11-14)24-18(15)25-13-23-16-5-1-2-6-17(16)25;1-11-21-15-6-4-5-7-16(15)24(11)17-14(19)10-20-18(22-17)25-13-8-12(9-13)23(2)3;1-17(2)8-24-15(23)13(17)25-16-19-7-10(18)14(21-16)22-9-20-11-5-3-4-6-12(11)22;1-9-14(23)15(10(2)24-9)25-17-19-7-11(18)16(21-17)22-8-20-12-5-3-4-6-13(12)22/h1-6,8,11-13H,7,9H2;4-7,10,12-13H,8-9H2,1-3H3;3-7,9,13H,8H2,1-2H3;3-9H,1-2H3. The highest BCUT2D eigenvalue weighted by molar-refractivity contribution is 6.32. The summed E-state index contributed by atoms with van der Waals surface area (Å²) in [7, 11) is 4.18. The lowest BCUT2D eigenvalue weighted by molar-refractivity contribution is -0.144. The molecule has 0 bridgehead atoms. The molecule has 2 unspecified atom stereocenters. The molecule has 16 rings (SSSR count). The molecule has 0 spiro atoms. The molecule has 2 atom stereocenters. The van der Waals surface area contributed by atoms with Gasteiger partial charge in [0.05, 0.1) is 75.5 Å². The Bertz CT molecular complexity index is 5300. The van der Waals surface area contributed by atoms with Gasteiger partial charge in [0.25, 0.3) is 0 Å². The number of carbonyl (C=O) groups is 2. The predicted octanol–water partition coefficient (Wildman–Crippen LogP) is 11.8. The molecule has 0 amide bonds. The summed E-state index contributed by atoms with van der Waals surface area (Å²) in [5.41, 5.74) is 7.86. The first-order valence-corrected chi connectivity index (χ1v) is 32.9. The van der Waals surface area contributed by atoms with Crippen molar-refractivity contribution in [3.05, 3.63) is 209 Å². The summed E-state index contributed by atoms with van der Waals surface area (Å²) in [5, 5.41) is 10.6. The molecule has 11 heterocycles. The van der Waals surface area contributed by atoms with E-state index in [1.54, 1.807) is 65.1 Å². The van der Waals surface area contributed by atoms with Crippen LogP contribution in [-0.2, 0) is 25.5 Å². The van der Waals surface area contributed by atoms with Crippen molar-refractivity contribution in [3.8, 4) is 53.4 Å². The maximum atomic E-state index is 12.1. The molecule has 13 aromatic rings. The lowest BCUT2D eigenvalue weighted by atomic mass is 9.88. The van der Waals surface area contributed by atoms with Crippen LogP contribution >= 0.6 is 34.8 Å². The van der Waals surface area contributed by atoms with Crippen molar-refractivity contribution in [2.45, 2.75) is 78.2 Å². The predicted molar refractivity (Wildman–Crippen MR) is 374 cm³/mol. The van der Waals surface area contributed by atoms with E-state index in [1.807, 2.05) is 135 Å². The third-order valence-electron chi connectivity index (χ3n) is 16.6. The molecule has 27 nitrogen and oxygen atoms in total. The number of Topliss-reactive ketones (excluding diaryl/α,β-unsaturated/α-hetero) is 1. The summed E-state index contributed by atoms with van der Waals surface area (Å²) in [6.07, 6.45) is 15.9. The van der Waals surface area contributed by atoms with E-state index >= 15 is 0 Å². The van der Waals surface area contributed by atoms with Crippen molar-refractivity contribution in [1.82, 2.24) is 88.0 Å². The minimum atomic E-state index is -0.763. The summed E-state index contributed by atoms with van der Waals surface area (Å²) in [4.78, 5) is 82.0. The van der Waals surface area contributed by atoms with Crippen molar-refractivity contribution >= 4 is 90.7 Å². The topological polar surface area (TPSA) is 304 Å². The average molecular weight is 1420 g/mol. The maximum absolute atomic E-state index is 12.1. The summed E-state index contributed by atoms with van der Waals surface area (Å²) in [6.45, 7) is 9.76. The number of imidazole rings is 4. The number of hydrogen-bond acceptors (Lipinski definition) is 23. The van der Waals surface area contributed by atoms with Crippen LogP contribution in [-0.4, -0.2) is 151 Å². The molecule has 1 saturated heterocycles. The highest BCUT2D eigenvalue weighted by Crippen LogP contribution is 2.35. The van der Waals surface area contributed by atoms with Crippen LogP contribution in [0.4, 0.5) is 0 Å². The second-order valence-corrected chi connectivity index (χ2v) is 25.5. The summed E-state index contributed by atoms with van der Waals surface area (Å²) < 4.78 is 40.5. The van der Waals surface area contributed by atoms with E-state index in [-0.39, 0.29) is 35.7 Å². The number of aromatic nitrogens is 17. The lowest BCUT2D eigenvalue weighted by Gasteiger charge is -2.38. The quantitative estimate of drug-likeness (QED) is 0.0861. The van der Waals surface area contributed by atoms with Gasteiger partial charge in [-0.3, -0.25) is 28.0 Å². The number of cyclic esters (lactones) is 1. The second kappa shape index (κ2) is 29.5. The molecule has 4 aromatic carbocycles. The first-order chi connectivity index (χ1) is 48.9. The molecule has 2 aliphatic heterocycles. The number of rotatable bonds is 15. The van der Waals surface area contributed by atoms with Crippen molar-refractivity contribution in [2.24, 2.45) is 5.41 Å².